The van der Waals surface area contributed by atoms with Crippen LogP contribution in [0.5, 0.6) is 11.5 Å². The molecule has 2 aromatic rings. The Hall–Kier alpha value is -2.23. The van der Waals surface area contributed by atoms with Crippen LogP contribution in [0.1, 0.15) is 37.7 Å². The van der Waals surface area contributed by atoms with E-state index in [1.807, 2.05) is 30.3 Å². The number of hydrogen-bond acceptors (Lipinski definition) is 3. The van der Waals surface area contributed by atoms with Crippen molar-refractivity contribution in [2.24, 2.45) is 0 Å². The third-order valence-electron chi connectivity index (χ3n) is 5.03. The van der Waals surface area contributed by atoms with E-state index < -0.39 is 11.4 Å². The van der Waals surface area contributed by atoms with Crippen LogP contribution in [0.4, 0.5) is 0 Å². The molecular formula is C19H22O4. The second-order valence-electron chi connectivity index (χ2n) is 6.15. The van der Waals surface area contributed by atoms with E-state index in [9.17, 15) is 9.90 Å². The molecule has 0 amide bonds. The van der Waals surface area contributed by atoms with Gasteiger partial charge in [0.1, 0.15) is 11.5 Å². The minimum atomic E-state index is -0.846. The molecule has 1 fully saturated rings. The smallest absolute Gasteiger partial charge is 0.314 e. The van der Waals surface area contributed by atoms with Crippen molar-refractivity contribution in [1.82, 2.24) is 0 Å². The molecule has 0 atom stereocenters. The maximum absolute atomic E-state index is 12.1. The zero-order chi connectivity index (χ0) is 16.4. The molecule has 1 saturated carbocycles. The number of hydrogen-bond donors (Lipinski definition) is 1. The first-order valence-electron chi connectivity index (χ1n) is 8.01. The van der Waals surface area contributed by atoms with Gasteiger partial charge in [-0.15, -0.1) is 0 Å². The van der Waals surface area contributed by atoms with E-state index in [0.29, 0.717) is 18.6 Å². The second kappa shape index (κ2) is 6.11. The molecule has 1 N–H and O–H groups in total. The molecule has 0 unspecified atom stereocenters. The zero-order valence-electron chi connectivity index (χ0n) is 13.6. The Labute approximate surface area is 136 Å². The fraction of sp³-hybridized carbons (Fsp3) is 0.421. The summed E-state index contributed by atoms with van der Waals surface area (Å²) in [6.07, 6.45) is 4.29. The molecule has 4 nitrogen and oxygen atoms in total. The monoisotopic (exact) mass is 314 g/mol. The molecule has 23 heavy (non-hydrogen) atoms. The van der Waals surface area contributed by atoms with Crippen molar-refractivity contribution in [3.05, 3.63) is 35.9 Å². The van der Waals surface area contributed by atoms with Crippen LogP contribution in [0, 0.1) is 0 Å². The summed E-state index contributed by atoms with van der Waals surface area (Å²) in [5.41, 5.74) is -0.0612. The van der Waals surface area contributed by atoms with Crippen molar-refractivity contribution in [3.8, 4) is 11.5 Å². The lowest BCUT2D eigenvalue weighted by molar-refractivity contribution is -0.145. The van der Waals surface area contributed by atoms with Crippen molar-refractivity contribution in [1.29, 1.82) is 0 Å². The highest BCUT2D eigenvalue weighted by Gasteiger charge is 2.43. The SMILES string of the molecule is COc1cccc2c(OC)c(C3(C(=O)O)CCCCC3)ccc12. The lowest BCUT2D eigenvalue weighted by Gasteiger charge is -2.35. The van der Waals surface area contributed by atoms with Gasteiger partial charge in [-0.2, -0.15) is 0 Å². The van der Waals surface area contributed by atoms with Crippen LogP contribution in [0.25, 0.3) is 10.8 Å². The van der Waals surface area contributed by atoms with Crippen LogP contribution < -0.4 is 9.47 Å². The molecule has 0 spiro atoms. The summed E-state index contributed by atoms with van der Waals surface area (Å²) in [7, 11) is 3.24. The molecule has 3 rings (SSSR count). The summed E-state index contributed by atoms with van der Waals surface area (Å²) in [5.74, 6) is 0.670. The normalized spacial score (nSPS) is 17.0. The predicted octanol–water partition coefficient (Wildman–Crippen LogP) is 4.14. The Morgan fingerprint density at radius 2 is 1.74 bits per heavy atom. The molecular weight excluding hydrogens is 292 g/mol. The van der Waals surface area contributed by atoms with Gasteiger partial charge in [0, 0.05) is 16.3 Å². The second-order valence-corrected chi connectivity index (χ2v) is 6.15. The Morgan fingerprint density at radius 1 is 1.00 bits per heavy atom. The lowest BCUT2D eigenvalue weighted by atomic mass is 9.68. The molecule has 0 bridgehead atoms. The Kier molecular flexibility index (Phi) is 4.16. The number of benzene rings is 2. The van der Waals surface area contributed by atoms with Gasteiger partial charge in [0.05, 0.1) is 19.6 Å². The van der Waals surface area contributed by atoms with E-state index in [2.05, 4.69) is 0 Å². The quantitative estimate of drug-likeness (QED) is 0.921. The number of carboxylic acids is 1. The van der Waals surface area contributed by atoms with Gasteiger partial charge in [-0.1, -0.05) is 43.5 Å². The molecule has 1 aliphatic carbocycles. The number of carbonyl (C=O) groups is 1. The van der Waals surface area contributed by atoms with Gasteiger partial charge < -0.3 is 14.6 Å². The van der Waals surface area contributed by atoms with Gasteiger partial charge in [0.15, 0.2) is 0 Å². The Bertz CT molecular complexity index is 729. The highest BCUT2D eigenvalue weighted by Crippen LogP contribution is 2.46. The van der Waals surface area contributed by atoms with E-state index in [1.165, 1.54) is 0 Å². The maximum Gasteiger partial charge on any atom is 0.314 e. The summed E-state index contributed by atoms with van der Waals surface area (Å²) in [6, 6.07) is 9.61. The maximum atomic E-state index is 12.1. The first kappa shape index (κ1) is 15.7. The topological polar surface area (TPSA) is 55.8 Å². The largest absolute Gasteiger partial charge is 0.496 e. The van der Waals surface area contributed by atoms with Gasteiger partial charge in [-0.3, -0.25) is 4.79 Å². The minimum Gasteiger partial charge on any atom is -0.496 e. The van der Waals surface area contributed by atoms with Crippen LogP contribution in [-0.4, -0.2) is 25.3 Å². The van der Waals surface area contributed by atoms with Crippen molar-refractivity contribution in [2.45, 2.75) is 37.5 Å². The van der Waals surface area contributed by atoms with Gasteiger partial charge >= 0.3 is 5.97 Å². The van der Waals surface area contributed by atoms with E-state index in [0.717, 1.165) is 41.3 Å². The Morgan fingerprint density at radius 3 is 2.35 bits per heavy atom. The van der Waals surface area contributed by atoms with Crippen molar-refractivity contribution < 1.29 is 19.4 Å². The summed E-state index contributed by atoms with van der Waals surface area (Å²) in [6.45, 7) is 0. The Balaban J connectivity index is 2.27. The number of fused-ring (bicyclic) bond motifs is 1. The van der Waals surface area contributed by atoms with Crippen LogP contribution in [0.2, 0.25) is 0 Å². The number of carboxylic acid groups (broad SMARTS) is 1. The minimum absolute atomic E-state index is 0.658. The van der Waals surface area contributed by atoms with E-state index >= 15 is 0 Å². The third kappa shape index (κ3) is 2.42. The van der Waals surface area contributed by atoms with Crippen molar-refractivity contribution in [2.75, 3.05) is 14.2 Å². The van der Waals surface area contributed by atoms with Crippen LogP contribution in [0.3, 0.4) is 0 Å². The van der Waals surface area contributed by atoms with Crippen LogP contribution in [-0.2, 0) is 10.2 Å². The van der Waals surface area contributed by atoms with Gasteiger partial charge in [0.25, 0.3) is 0 Å². The molecule has 0 saturated heterocycles. The average Bonchev–Trinajstić information content (AvgIpc) is 2.60. The average molecular weight is 314 g/mol. The predicted molar refractivity (Wildman–Crippen MR) is 89.5 cm³/mol. The molecule has 0 heterocycles. The van der Waals surface area contributed by atoms with E-state index in [4.69, 9.17) is 9.47 Å². The number of aliphatic carboxylic acids is 1. The van der Waals surface area contributed by atoms with Crippen LogP contribution in [0.15, 0.2) is 30.3 Å². The van der Waals surface area contributed by atoms with Gasteiger partial charge in [-0.25, -0.2) is 0 Å². The molecule has 0 aliphatic heterocycles. The number of methoxy groups -OCH3 is 2. The number of rotatable bonds is 4. The third-order valence-corrected chi connectivity index (χ3v) is 5.03. The highest BCUT2D eigenvalue weighted by molar-refractivity contribution is 5.96. The molecule has 4 heteroatoms. The molecule has 0 aromatic heterocycles. The van der Waals surface area contributed by atoms with Gasteiger partial charge in [-0.05, 0) is 18.9 Å². The highest BCUT2D eigenvalue weighted by atomic mass is 16.5. The fourth-order valence-corrected chi connectivity index (χ4v) is 3.83. The summed E-state index contributed by atoms with van der Waals surface area (Å²) in [5, 5.41) is 11.8. The first-order valence-corrected chi connectivity index (χ1v) is 8.01. The fourth-order valence-electron chi connectivity index (χ4n) is 3.83. The standard InChI is InChI=1S/C19H22O4/c1-22-16-8-6-7-14-13(16)9-10-15(17(14)23-2)19(18(20)21)11-4-3-5-12-19/h6-10H,3-5,11-12H2,1-2H3,(H,20,21). The first-order chi connectivity index (χ1) is 11.1. The summed E-state index contributed by atoms with van der Waals surface area (Å²) in [4.78, 5) is 12.1. The van der Waals surface area contributed by atoms with Crippen molar-refractivity contribution in [3.63, 3.8) is 0 Å². The lowest BCUT2D eigenvalue weighted by Crippen LogP contribution is -2.38. The molecule has 2 aromatic carbocycles. The number of ether oxygens (including phenoxy) is 2. The van der Waals surface area contributed by atoms with Gasteiger partial charge in [0.2, 0.25) is 0 Å². The van der Waals surface area contributed by atoms with E-state index in [-0.39, 0.29) is 0 Å². The van der Waals surface area contributed by atoms with Crippen molar-refractivity contribution >= 4 is 16.7 Å². The van der Waals surface area contributed by atoms with E-state index in [1.54, 1.807) is 14.2 Å². The van der Waals surface area contributed by atoms with Crippen LogP contribution >= 0.6 is 0 Å². The summed E-state index contributed by atoms with van der Waals surface area (Å²) >= 11 is 0. The molecule has 122 valence electrons. The molecule has 0 radical (unpaired) electrons. The zero-order valence-corrected chi connectivity index (χ0v) is 13.6. The molecule has 1 aliphatic rings. The summed E-state index contributed by atoms with van der Waals surface area (Å²) < 4.78 is 11.1.